The summed E-state index contributed by atoms with van der Waals surface area (Å²) in [6.45, 7) is 5.27. The third-order valence-electron chi connectivity index (χ3n) is 5.76. The summed E-state index contributed by atoms with van der Waals surface area (Å²) in [7, 11) is 0. The minimum Gasteiger partial charge on any atom is -0.349 e. The molecule has 0 radical (unpaired) electrons. The molecule has 1 saturated heterocycles. The van der Waals surface area contributed by atoms with Crippen LogP contribution in [0.15, 0.2) is 30.6 Å². The van der Waals surface area contributed by atoms with E-state index >= 15 is 0 Å². The van der Waals surface area contributed by atoms with E-state index in [0.29, 0.717) is 24.7 Å². The van der Waals surface area contributed by atoms with E-state index in [-0.39, 0.29) is 18.0 Å². The lowest BCUT2D eigenvalue weighted by molar-refractivity contribution is 0.0921. The highest BCUT2D eigenvalue weighted by atomic mass is 16.2. The molecule has 0 atom stereocenters. The zero-order chi connectivity index (χ0) is 19.7. The Morgan fingerprint density at radius 3 is 2.64 bits per heavy atom. The van der Waals surface area contributed by atoms with E-state index in [1.54, 1.807) is 4.90 Å². The first kappa shape index (κ1) is 18.5. The molecule has 7 nitrogen and oxygen atoms in total. The van der Waals surface area contributed by atoms with E-state index in [1.165, 1.54) is 5.56 Å². The van der Waals surface area contributed by atoms with Gasteiger partial charge in [0, 0.05) is 36.6 Å². The van der Waals surface area contributed by atoms with Gasteiger partial charge in [-0.05, 0) is 62.8 Å². The van der Waals surface area contributed by atoms with Crippen molar-refractivity contribution in [2.75, 3.05) is 18.0 Å². The lowest BCUT2D eigenvalue weighted by atomic mass is 9.91. The molecule has 4 rings (SSSR count). The van der Waals surface area contributed by atoms with Crippen molar-refractivity contribution in [3.05, 3.63) is 47.3 Å². The monoisotopic (exact) mass is 381 g/mol. The van der Waals surface area contributed by atoms with Crippen molar-refractivity contribution in [1.29, 1.82) is 0 Å². The van der Waals surface area contributed by atoms with Gasteiger partial charge >= 0.3 is 6.03 Å². The maximum absolute atomic E-state index is 12.8. The number of hydrogen-bond donors (Lipinski definition) is 2. The van der Waals surface area contributed by atoms with Crippen LogP contribution in [0.5, 0.6) is 0 Å². The Hall–Kier alpha value is -2.83. The van der Waals surface area contributed by atoms with Gasteiger partial charge in [-0.2, -0.15) is 5.10 Å². The summed E-state index contributed by atoms with van der Waals surface area (Å²) in [5, 5.41) is 10.4. The Morgan fingerprint density at radius 1 is 1.21 bits per heavy atom. The van der Waals surface area contributed by atoms with Gasteiger partial charge in [-0.15, -0.1) is 0 Å². The SMILES string of the molecule is Cc1cnn(C2CCC(NC(=O)c3ccc(C)c(N4CCNC4=O)c3)CC2)c1. The summed E-state index contributed by atoms with van der Waals surface area (Å²) in [6.07, 6.45) is 7.90. The standard InChI is InChI=1S/C21H27N5O2/c1-14-12-23-26(13-14)18-7-5-17(6-8-18)24-20(27)16-4-3-15(2)19(11-16)25-10-9-22-21(25)28/h3-4,11-13,17-18H,5-10H2,1-2H3,(H,22,28)(H,24,27). The van der Waals surface area contributed by atoms with Gasteiger partial charge in [-0.25, -0.2) is 4.79 Å². The molecule has 1 aliphatic carbocycles. The van der Waals surface area contributed by atoms with Crippen molar-refractivity contribution >= 4 is 17.6 Å². The second-order valence-electron chi connectivity index (χ2n) is 7.86. The fourth-order valence-electron chi connectivity index (χ4n) is 4.13. The van der Waals surface area contributed by atoms with Crippen molar-refractivity contribution in [2.24, 2.45) is 0 Å². The molecule has 0 spiro atoms. The minimum absolute atomic E-state index is 0.0701. The van der Waals surface area contributed by atoms with Gasteiger partial charge in [0.05, 0.1) is 12.2 Å². The number of urea groups is 1. The number of amides is 3. The Kier molecular flexibility index (Phi) is 5.07. The van der Waals surface area contributed by atoms with Gasteiger partial charge in [-0.1, -0.05) is 6.07 Å². The average Bonchev–Trinajstić information content (AvgIpc) is 3.31. The molecule has 2 aromatic rings. The molecule has 3 amide bonds. The molecule has 0 bridgehead atoms. The van der Waals surface area contributed by atoms with Crippen LogP contribution in [0.3, 0.4) is 0 Å². The Morgan fingerprint density at radius 2 is 2.00 bits per heavy atom. The summed E-state index contributed by atoms with van der Waals surface area (Å²) in [6, 6.07) is 6.07. The summed E-state index contributed by atoms with van der Waals surface area (Å²) < 4.78 is 2.06. The van der Waals surface area contributed by atoms with Gasteiger partial charge in [0.2, 0.25) is 0 Å². The lowest BCUT2D eigenvalue weighted by Gasteiger charge is -2.29. The van der Waals surface area contributed by atoms with Crippen LogP contribution in [-0.4, -0.2) is 40.9 Å². The number of hydrogen-bond acceptors (Lipinski definition) is 3. The van der Waals surface area contributed by atoms with Gasteiger partial charge in [-0.3, -0.25) is 14.4 Å². The fourth-order valence-corrected chi connectivity index (χ4v) is 4.13. The molecule has 28 heavy (non-hydrogen) atoms. The third-order valence-corrected chi connectivity index (χ3v) is 5.76. The van der Waals surface area contributed by atoms with Crippen molar-refractivity contribution in [3.63, 3.8) is 0 Å². The maximum atomic E-state index is 12.8. The predicted octanol–water partition coefficient (Wildman–Crippen LogP) is 2.94. The molecule has 2 fully saturated rings. The van der Waals surface area contributed by atoms with Gasteiger partial charge < -0.3 is 10.6 Å². The highest BCUT2D eigenvalue weighted by Gasteiger charge is 2.26. The molecule has 7 heteroatoms. The Bertz CT molecular complexity index is 883. The van der Waals surface area contributed by atoms with Crippen molar-refractivity contribution in [3.8, 4) is 0 Å². The zero-order valence-corrected chi connectivity index (χ0v) is 16.4. The molecule has 0 unspecified atom stereocenters. The number of aromatic nitrogens is 2. The minimum atomic E-state index is -0.104. The first-order valence-electron chi connectivity index (χ1n) is 9.99. The first-order valence-corrected chi connectivity index (χ1v) is 9.99. The summed E-state index contributed by atoms with van der Waals surface area (Å²) in [5.41, 5.74) is 3.58. The third kappa shape index (κ3) is 3.74. The van der Waals surface area contributed by atoms with E-state index in [9.17, 15) is 9.59 Å². The number of rotatable bonds is 4. The fraction of sp³-hybridized carbons (Fsp3) is 0.476. The number of carbonyl (C=O) groups excluding carboxylic acids is 2. The highest BCUT2D eigenvalue weighted by Crippen LogP contribution is 2.29. The van der Waals surface area contributed by atoms with E-state index in [2.05, 4.69) is 33.5 Å². The number of benzene rings is 1. The number of anilines is 1. The number of aryl methyl sites for hydroxylation is 2. The smallest absolute Gasteiger partial charge is 0.322 e. The van der Waals surface area contributed by atoms with Crippen LogP contribution in [0.2, 0.25) is 0 Å². The second-order valence-corrected chi connectivity index (χ2v) is 7.86. The van der Waals surface area contributed by atoms with E-state index in [0.717, 1.165) is 36.9 Å². The number of nitrogens with zero attached hydrogens (tertiary/aromatic N) is 3. The summed E-state index contributed by atoms with van der Waals surface area (Å²) in [5.74, 6) is -0.0701. The van der Waals surface area contributed by atoms with Crippen LogP contribution >= 0.6 is 0 Å². The second kappa shape index (κ2) is 7.66. The molecule has 148 valence electrons. The lowest BCUT2D eigenvalue weighted by Crippen LogP contribution is -2.38. The molecule has 2 aliphatic rings. The quantitative estimate of drug-likeness (QED) is 0.855. The molecule has 2 N–H and O–H groups in total. The molecule has 2 heterocycles. The Balaban J connectivity index is 1.38. The van der Waals surface area contributed by atoms with Crippen molar-refractivity contribution < 1.29 is 9.59 Å². The van der Waals surface area contributed by atoms with Gasteiger partial charge in [0.15, 0.2) is 0 Å². The normalized spacial score (nSPS) is 22.2. The average molecular weight is 381 g/mol. The molecule has 1 aliphatic heterocycles. The van der Waals surface area contributed by atoms with Crippen LogP contribution < -0.4 is 15.5 Å². The molecular formula is C21H27N5O2. The van der Waals surface area contributed by atoms with Crippen LogP contribution in [0.1, 0.15) is 53.2 Å². The molecular weight excluding hydrogens is 354 g/mol. The van der Waals surface area contributed by atoms with Crippen LogP contribution in [0.4, 0.5) is 10.5 Å². The van der Waals surface area contributed by atoms with Crippen LogP contribution in [0, 0.1) is 13.8 Å². The van der Waals surface area contributed by atoms with E-state index < -0.39 is 0 Å². The topological polar surface area (TPSA) is 79.3 Å². The Labute approximate surface area is 165 Å². The molecule has 1 aromatic heterocycles. The van der Waals surface area contributed by atoms with Crippen LogP contribution in [-0.2, 0) is 0 Å². The summed E-state index contributed by atoms with van der Waals surface area (Å²) >= 11 is 0. The van der Waals surface area contributed by atoms with E-state index in [4.69, 9.17) is 0 Å². The van der Waals surface area contributed by atoms with Gasteiger partial charge in [0.25, 0.3) is 5.91 Å². The zero-order valence-electron chi connectivity index (χ0n) is 16.4. The number of nitrogens with one attached hydrogen (secondary N) is 2. The number of carbonyl (C=O) groups is 2. The highest BCUT2D eigenvalue weighted by molar-refractivity contribution is 5.99. The van der Waals surface area contributed by atoms with Crippen molar-refractivity contribution in [1.82, 2.24) is 20.4 Å². The summed E-state index contributed by atoms with van der Waals surface area (Å²) in [4.78, 5) is 26.5. The predicted molar refractivity (Wildman–Crippen MR) is 108 cm³/mol. The molecule has 1 aromatic carbocycles. The first-order chi connectivity index (χ1) is 13.5. The van der Waals surface area contributed by atoms with Crippen molar-refractivity contribution in [2.45, 2.75) is 51.6 Å². The maximum Gasteiger partial charge on any atom is 0.322 e. The van der Waals surface area contributed by atoms with Gasteiger partial charge in [0.1, 0.15) is 0 Å². The van der Waals surface area contributed by atoms with E-state index in [1.807, 2.05) is 31.3 Å². The largest absolute Gasteiger partial charge is 0.349 e. The molecule has 1 saturated carbocycles. The van der Waals surface area contributed by atoms with Crippen LogP contribution in [0.25, 0.3) is 0 Å².